The summed E-state index contributed by atoms with van der Waals surface area (Å²) < 4.78 is 5.22. The molecule has 1 aliphatic heterocycles. The van der Waals surface area contributed by atoms with E-state index < -0.39 is 0 Å². The number of nitrogens with one attached hydrogen (secondary N) is 1. The van der Waals surface area contributed by atoms with Gasteiger partial charge in [0.1, 0.15) is 0 Å². The van der Waals surface area contributed by atoms with Gasteiger partial charge in [-0.25, -0.2) is 0 Å². The third kappa shape index (κ3) is 5.07. The molecule has 0 unspecified atom stereocenters. The molecular weight excluding hydrogens is 347 g/mol. The second-order valence-electron chi connectivity index (χ2n) is 5.14. The van der Waals surface area contributed by atoms with Crippen molar-refractivity contribution < 1.29 is 9.84 Å². The quantitative estimate of drug-likeness (QED) is 0.829. The van der Waals surface area contributed by atoms with E-state index in [-0.39, 0.29) is 30.6 Å². The molecule has 1 aliphatic rings. The fraction of sp³-hybridized carbons (Fsp3) is 0.600. The van der Waals surface area contributed by atoms with E-state index in [1.165, 1.54) is 0 Å². The van der Waals surface area contributed by atoms with Crippen molar-refractivity contribution in [2.45, 2.75) is 25.8 Å². The van der Waals surface area contributed by atoms with E-state index in [9.17, 15) is 5.11 Å². The Morgan fingerprint density at radius 1 is 1.32 bits per heavy atom. The molecule has 1 aromatic rings. The third-order valence-electron chi connectivity index (χ3n) is 3.81. The first kappa shape index (κ1) is 21.6. The van der Waals surface area contributed by atoms with Gasteiger partial charge in [-0.1, -0.05) is 24.9 Å². The summed E-state index contributed by atoms with van der Waals surface area (Å²) >= 11 is 6.12. The van der Waals surface area contributed by atoms with Crippen molar-refractivity contribution in [1.29, 1.82) is 0 Å². The van der Waals surface area contributed by atoms with E-state index in [1.54, 1.807) is 7.11 Å². The Morgan fingerprint density at radius 2 is 1.95 bits per heavy atom. The van der Waals surface area contributed by atoms with E-state index in [1.807, 2.05) is 12.1 Å². The van der Waals surface area contributed by atoms with E-state index in [4.69, 9.17) is 16.3 Å². The third-order valence-corrected chi connectivity index (χ3v) is 4.10. The van der Waals surface area contributed by atoms with Crippen LogP contribution in [-0.2, 0) is 0 Å². The van der Waals surface area contributed by atoms with Crippen LogP contribution >= 0.6 is 36.4 Å². The Balaban J connectivity index is 0.00000220. The smallest absolute Gasteiger partial charge is 0.176 e. The summed E-state index contributed by atoms with van der Waals surface area (Å²) in [4.78, 5) is 2.47. The molecule has 0 bridgehead atoms. The first-order valence-corrected chi connectivity index (χ1v) is 7.56. The SMILES string of the molecule is CCC[C@@H](c1cc(Cl)c(O)c(OC)c1)N1CCNCC1.Cl.Cl. The van der Waals surface area contributed by atoms with Gasteiger partial charge in [0.15, 0.2) is 11.5 Å². The average Bonchev–Trinajstić information content (AvgIpc) is 2.48. The predicted octanol–water partition coefficient (Wildman–Crippen LogP) is 3.64. The molecule has 1 heterocycles. The molecule has 2 N–H and O–H groups in total. The van der Waals surface area contributed by atoms with Crippen LogP contribution in [0.5, 0.6) is 11.5 Å². The maximum Gasteiger partial charge on any atom is 0.176 e. The van der Waals surface area contributed by atoms with Crippen molar-refractivity contribution in [3.8, 4) is 11.5 Å². The number of hydrogen-bond acceptors (Lipinski definition) is 4. The van der Waals surface area contributed by atoms with Crippen molar-refractivity contribution in [3.05, 3.63) is 22.7 Å². The number of methoxy groups -OCH3 is 1. The van der Waals surface area contributed by atoms with Crippen LogP contribution < -0.4 is 10.1 Å². The minimum atomic E-state index is 0. The molecular formula is C15H25Cl3N2O2. The number of phenolic OH excluding ortho intramolecular Hbond substituents is 1. The summed E-state index contributed by atoms with van der Waals surface area (Å²) in [5.74, 6) is 0.470. The molecule has 0 spiro atoms. The molecule has 1 aromatic carbocycles. The number of hydrogen-bond donors (Lipinski definition) is 2. The first-order chi connectivity index (χ1) is 9.67. The lowest BCUT2D eigenvalue weighted by molar-refractivity contribution is 0.164. The largest absolute Gasteiger partial charge is 0.503 e. The monoisotopic (exact) mass is 370 g/mol. The van der Waals surface area contributed by atoms with Crippen LogP contribution in [0.2, 0.25) is 5.02 Å². The maximum atomic E-state index is 9.86. The van der Waals surface area contributed by atoms with Gasteiger partial charge >= 0.3 is 0 Å². The molecule has 0 aromatic heterocycles. The Bertz CT molecular complexity index is 455. The molecule has 7 heteroatoms. The lowest BCUT2D eigenvalue weighted by Gasteiger charge is -2.35. The highest BCUT2D eigenvalue weighted by molar-refractivity contribution is 6.32. The van der Waals surface area contributed by atoms with Crippen LogP contribution in [-0.4, -0.2) is 43.3 Å². The molecule has 128 valence electrons. The van der Waals surface area contributed by atoms with E-state index in [0.717, 1.165) is 44.6 Å². The van der Waals surface area contributed by atoms with Crippen molar-refractivity contribution in [2.75, 3.05) is 33.3 Å². The number of rotatable bonds is 5. The number of piperazine rings is 1. The van der Waals surface area contributed by atoms with Crippen LogP contribution in [0.3, 0.4) is 0 Å². The summed E-state index contributed by atoms with van der Waals surface area (Å²) in [5.41, 5.74) is 1.12. The highest BCUT2D eigenvalue weighted by atomic mass is 35.5. The summed E-state index contributed by atoms with van der Waals surface area (Å²) in [6.45, 7) is 6.29. The fourth-order valence-electron chi connectivity index (χ4n) is 2.77. The fourth-order valence-corrected chi connectivity index (χ4v) is 2.99. The highest BCUT2D eigenvalue weighted by Gasteiger charge is 2.23. The van der Waals surface area contributed by atoms with Gasteiger partial charge < -0.3 is 15.2 Å². The van der Waals surface area contributed by atoms with Crippen LogP contribution in [0, 0.1) is 0 Å². The number of nitrogens with zero attached hydrogens (tertiary/aromatic N) is 1. The zero-order chi connectivity index (χ0) is 14.5. The number of halogens is 3. The molecule has 0 radical (unpaired) electrons. The summed E-state index contributed by atoms with van der Waals surface area (Å²) in [7, 11) is 1.55. The average molecular weight is 372 g/mol. The van der Waals surface area contributed by atoms with Crippen LogP contribution in [0.25, 0.3) is 0 Å². The van der Waals surface area contributed by atoms with Crippen LogP contribution in [0.4, 0.5) is 0 Å². The van der Waals surface area contributed by atoms with Crippen LogP contribution in [0.15, 0.2) is 12.1 Å². The van der Waals surface area contributed by atoms with Gasteiger partial charge in [-0.3, -0.25) is 4.90 Å². The first-order valence-electron chi connectivity index (χ1n) is 7.18. The minimum absolute atomic E-state index is 0. The van der Waals surface area contributed by atoms with Gasteiger partial charge in [-0.15, -0.1) is 24.8 Å². The number of phenols is 1. The van der Waals surface area contributed by atoms with Gasteiger partial charge in [0.2, 0.25) is 0 Å². The zero-order valence-corrected chi connectivity index (χ0v) is 15.4. The lowest BCUT2D eigenvalue weighted by atomic mass is 9.99. The van der Waals surface area contributed by atoms with Gasteiger partial charge in [0.05, 0.1) is 12.1 Å². The molecule has 0 amide bonds. The molecule has 22 heavy (non-hydrogen) atoms. The van der Waals surface area contributed by atoms with Crippen LogP contribution in [0.1, 0.15) is 31.4 Å². The number of benzene rings is 1. The Hall–Kier alpha value is -0.390. The molecule has 4 nitrogen and oxygen atoms in total. The molecule has 1 atom stereocenters. The van der Waals surface area contributed by atoms with Gasteiger partial charge in [0, 0.05) is 32.2 Å². The molecule has 2 rings (SSSR count). The normalized spacial score (nSPS) is 16.3. The van der Waals surface area contributed by atoms with E-state index in [0.29, 0.717) is 16.8 Å². The van der Waals surface area contributed by atoms with Crippen molar-refractivity contribution in [1.82, 2.24) is 10.2 Å². The topological polar surface area (TPSA) is 44.7 Å². The highest BCUT2D eigenvalue weighted by Crippen LogP contribution is 2.39. The number of ether oxygens (including phenoxy) is 1. The zero-order valence-electron chi connectivity index (χ0n) is 13.0. The number of aromatic hydroxyl groups is 1. The Labute approximate surface area is 150 Å². The van der Waals surface area contributed by atoms with Crippen molar-refractivity contribution in [3.63, 3.8) is 0 Å². The second-order valence-corrected chi connectivity index (χ2v) is 5.55. The second kappa shape index (κ2) is 10.4. The van der Waals surface area contributed by atoms with Gasteiger partial charge in [-0.05, 0) is 24.1 Å². The summed E-state index contributed by atoms with van der Waals surface area (Å²) in [6, 6.07) is 4.10. The minimum Gasteiger partial charge on any atom is -0.503 e. The molecule has 1 fully saturated rings. The molecule has 0 aliphatic carbocycles. The maximum absolute atomic E-state index is 9.86. The standard InChI is InChI=1S/C15H23ClN2O2.2ClH/c1-3-4-13(18-7-5-17-6-8-18)11-9-12(16)15(19)14(10-11)20-2;;/h9-10,13,17,19H,3-8H2,1-2H3;2*1H/t13-;;/m0../s1. The summed E-state index contributed by atoms with van der Waals surface area (Å²) in [6.07, 6.45) is 2.18. The van der Waals surface area contributed by atoms with Crippen molar-refractivity contribution >= 4 is 36.4 Å². The Morgan fingerprint density at radius 3 is 2.50 bits per heavy atom. The molecule has 1 saturated heterocycles. The van der Waals surface area contributed by atoms with Gasteiger partial charge in [0.25, 0.3) is 0 Å². The van der Waals surface area contributed by atoms with Crippen molar-refractivity contribution in [2.24, 2.45) is 0 Å². The van der Waals surface area contributed by atoms with Gasteiger partial charge in [-0.2, -0.15) is 0 Å². The summed E-state index contributed by atoms with van der Waals surface area (Å²) in [5, 5.41) is 13.6. The predicted molar refractivity (Wildman–Crippen MR) is 96.3 cm³/mol. The van der Waals surface area contributed by atoms with E-state index in [2.05, 4.69) is 17.1 Å². The molecule has 0 saturated carbocycles. The Kier molecular flexibility index (Phi) is 10.2. The van der Waals surface area contributed by atoms with E-state index >= 15 is 0 Å². The lowest BCUT2D eigenvalue weighted by Crippen LogP contribution is -2.45.